The van der Waals surface area contributed by atoms with Crippen molar-refractivity contribution in [3.05, 3.63) is 0 Å². The Balaban J connectivity index is 1.86. The number of nitrogens with one attached hydrogen (secondary N) is 1. The van der Waals surface area contributed by atoms with E-state index in [-0.39, 0.29) is 11.3 Å². The number of ether oxygens (including phenoxy) is 1. The Labute approximate surface area is 116 Å². The molecule has 4 nitrogen and oxygen atoms in total. The number of hydrogen-bond donors (Lipinski definition) is 2. The maximum Gasteiger partial charge on any atom is 0.240 e. The van der Waals surface area contributed by atoms with E-state index in [1.54, 1.807) is 7.11 Å². The van der Waals surface area contributed by atoms with Gasteiger partial charge in [0.15, 0.2) is 0 Å². The summed E-state index contributed by atoms with van der Waals surface area (Å²) in [6, 6.07) is 0. The maximum absolute atomic E-state index is 12.3. The lowest BCUT2D eigenvalue weighted by Gasteiger charge is -2.31. The lowest BCUT2D eigenvalue weighted by atomic mass is 9.82. The highest BCUT2D eigenvalue weighted by atomic mass is 16.5. The number of rotatable bonds is 6. The zero-order valence-corrected chi connectivity index (χ0v) is 12.2. The van der Waals surface area contributed by atoms with Crippen molar-refractivity contribution in [2.45, 2.75) is 63.3 Å². The molecule has 1 amide bonds. The van der Waals surface area contributed by atoms with Gasteiger partial charge in [-0.05, 0) is 37.5 Å². The number of carbonyl (C=O) groups is 1. The molecule has 110 valence electrons. The molecule has 0 saturated heterocycles. The maximum atomic E-state index is 12.3. The molecule has 0 radical (unpaired) electrons. The van der Waals surface area contributed by atoms with Crippen molar-refractivity contribution in [1.82, 2.24) is 5.32 Å². The monoisotopic (exact) mass is 268 g/mol. The van der Waals surface area contributed by atoms with E-state index in [2.05, 4.69) is 5.32 Å². The minimum atomic E-state index is -0.596. The second-order valence-corrected chi connectivity index (χ2v) is 6.50. The summed E-state index contributed by atoms with van der Waals surface area (Å²) < 4.78 is 5.22. The second kappa shape index (κ2) is 6.23. The van der Waals surface area contributed by atoms with Crippen LogP contribution in [0.1, 0.15) is 57.8 Å². The summed E-state index contributed by atoms with van der Waals surface area (Å²) in [7, 11) is 1.74. The topological polar surface area (TPSA) is 64.3 Å². The van der Waals surface area contributed by atoms with Crippen LogP contribution in [0.25, 0.3) is 0 Å². The predicted octanol–water partition coefficient (Wildman–Crippen LogP) is 1.97. The van der Waals surface area contributed by atoms with Gasteiger partial charge in [0.05, 0.1) is 5.54 Å². The van der Waals surface area contributed by atoms with Gasteiger partial charge in [-0.3, -0.25) is 4.79 Å². The summed E-state index contributed by atoms with van der Waals surface area (Å²) >= 11 is 0. The first-order valence-corrected chi connectivity index (χ1v) is 7.66. The van der Waals surface area contributed by atoms with Crippen molar-refractivity contribution in [2.75, 3.05) is 20.3 Å². The summed E-state index contributed by atoms with van der Waals surface area (Å²) in [6.07, 6.45) is 9.83. The van der Waals surface area contributed by atoms with Gasteiger partial charge in [0.25, 0.3) is 0 Å². The number of hydrogen-bond acceptors (Lipinski definition) is 3. The van der Waals surface area contributed by atoms with Crippen molar-refractivity contribution < 1.29 is 9.53 Å². The third kappa shape index (κ3) is 3.48. The minimum absolute atomic E-state index is 0.0636. The second-order valence-electron chi connectivity index (χ2n) is 6.50. The van der Waals surface area contributed by atoms with Gasteiger partial charge in [0.2, 0.25) is 5.91 Å². The Morgan fingerprint density at radius 3 is 2.32 bits per heavy atom. The first kappa shape index (κ1) is 14.8. The van der Waals surface area contributed by atoms with Gasteiger partial charge in [-0.1, -0.05) is 25.7 Å². The van der Waals surface area contributed by atoms with Gasteiger partial charge in [0, 0.05) is 20.3 Å². The summed E-state index contributed by atoms with van der Waals surface area (Å²) in [6.45, 7) is 1.55. The molecule has 2 fully saturated rings. The molecule has 4 heteroatoms. The van der Waals surface area contributed by atoms with Crippen LogP contribution in [0, 0.1) is 5.41 Å². The van der Waals surface area contributed by atoms with Crippen LogP contribution in [0.15, 0.2) is 0 Å². The Morgan fingerprint density at radius 1 is 1.16 bits per heavy atom. The summed E-state index contributed by atoms with van der Waals surface area (Å²) in [5.74, 6) is 0.0636. The van der Waals surface area contributed by atoms with Crippen LogP contribution in [0.5, 0.6) is 0 Å². The van der Waals surface area contributed by atoms with E-state index in [4.69, 9.17) is 10.5 Å². The van der Waals surface area contributed by atoms with E-state index in [0.29, 0.717) is 0 Å². The summed E-state index contributed by atoms with van der Waals surface area (Å²) in [4.78, 5) is 12.3. The van der Waals surface area contributed by atoms with Gasteiger partial charge in [-0.2, -0.15) is 0 Å². The van der Waals surface area contributed by atoms with Crippen LogP contribution < -0.4 is 11.1 Å². The number of methoxy groups -OCH3 is 1. The Kier molecular flexibility index (Phi) is 4.85. The fourth-order valence-electron chi connectivity index (χ4n) is 3.64. The van der Waals surface area contributed by atoms with E-state index in [1.807, 2.05) is 0 Å². The smallest absolute Gasteiger partial charge is 0.240 e. The normalized spacial score (nSPS) is 24.5. The fraction of sp³-hybridized carbons (Fsp3) is 0.933. The SMILES string of the molecule is COCCC1(CNC(=O)C2(N)CCCC2)CCCC1. The van der Waals surface area contributed by atoms with Crippen LogP contribution in [-0.2, 0) is 9.53 Å². The molecule has 0 spiro atoms. The van der Waals surface area contributed by atoms with E-state index in [9.17, 15) is 4.79 Å². The molecule has 0 unspecified atom stereocenters. The molecule has 2 rings (SSSR count). The van der Waals surface area contributed by atoms with Crippen molar-refractivity contribution in [3.8, 4) is 0 Å². The lowest BCUT2D eigenvalue weighted by Crippen LogP contribution is -2.53. The highest BCUT2D eigenvalue weighted by Crippen LogP contribution is 2.40. The molecule has 0 aromatic heterocycles. The highest BCUT2D eigenvalue weighted by molar-refractivity contribution is 5.86. The summed E-state index contributed by atoms with van der Waals surface area (Å²) in [5, 5.41) is 3.14. The van der Waals surface area contributed by atoms with E-state index < -0.39 is 5.54 Å². The molecular formula is C15H28N2O2. The van der Waals surface area contributed by atoms with Crippen molar-refractivity contribution in [2.24, 2.45) is 11.1 Å². The van der Waals surface area contributed by atoms with Crippen LogP contribution >= 0.6 is 0 Å². The van der Waals surface area contributed by atoms with Crippen LogP contribution in [-0.4, -0.2) is 31.7 Å². The Morgan fingerprint density at radius 2 is 1.74 bits per heavy atom. The third-order valence-electron chi connectivity index (χ3n) is 5.07. The predicted molar refractivity (Wildman–Crippen MR) is 75.8 cm³/mol. The van der Waals surface area contributed by atoms with E-state index in [1.165, 1.54) is 25.7 Å². The van der Waals surface area contributed by atoms with Crippen molar-refractivity contribution in [1.29, 1.82) is 0 Å². The molecule has 0 aromatic rings. The first-order valence-electron chi connectivity index (χ1n) is 7.66. The van der Waals surface area contributed by atoms with Crippen LogP contribution in [0.4, 0.5) is 0 Å². The molecule has 0 bridgehead atoms. The average Bonchev–Trinajstić information content (AvgIpc) is 3.04. The highest BCUT2D eigenvalue weighted by Gasteiger charge is 2.39. The Hall–Kier alpha value is -0.610. The van der Waals surface area contributed by atoms with E-state index >= 15 is 0 Å². The fourth-order valence-corrected chi connectivity index (χ4v) is 3.64. The molecule has 0 aromatic carbocycles. The van der Waals surface area contributed by atoms with Gasteiger partial charge >= 0.3 is 0 Å². The first-order chi connectivity index (χ1) is 9.10. The molecule has 0 atom stereocenters. The van der Waals surface area contributed by atoms with Gasteiger partial charge < -0.3 is 15.8 Å². The molecule has 19 heavy (non-hydrogen) atoms. The zero-order chi connectivity index (χ0) is 13.8. The van der Waals surface area contributed by atoms with E-state index in [0.717, 1.165) is 45.3 Å². The molecule has 2 aliphatic carbocycles. The number of nitrogens with two attached hydrogens (primary N) is 1. The quantitative estimate of drug-likeness (QED) is 0.774. The summed E-state index contributed by atoms with van der Waals surface area (Å²) in [5.41, 5.74) is 5.85. The Bertz CT molecular complexity index is 305. The minimum Gasteiger partial charge on any atom is -0.385 e. The zero-order valence-electron chi connectivity index (χ0n) is 12.2. The van der Waals surface area contributed by atoms with Crippen molar-refractivity contribution >= 4 is 5.91 Å². The van der Waals surface area contributed by atoms with Gasteiger partial charge in [-0.15, -0.1) is 0 Å². The largest absolute Gasteiger partial charge is 0.385 e. The van der Waals surface area contributed by atoms with Crippen LogP contribution in [0.2, 0.25) is 0 Å². The number of amides is 1. The molecule has 3 N–H and O–H groups in total. The van der Waals surface area contributed by atoms with Gasteiger partial charge in [0.1, 0.15) is 0 Å². The van der Waals surface area contributed by atoms with Crippen LogP contribution in [0.3, 0.4) is 0 Å². The van der Waals surface area contributed by atoms with Gasteiger partial charge in [-0.25, -0.2) is 0 Å². The molecule has 0 heterocycles. The number of carbonyl (C=O) groups excluding carboxylic acids is 1. The lowest BCUT2D eigenvalue weighted by molar-refractivity contribution is -0.126. The average molecular weight is 268 g/mol. The molecule has 2 saturated carbocycles. The van der Waals surface area contributed by atoms with Crippen molar-refractivity contribution in [3.63, 3.8) is 0 Å². The third-order valence-corrected chi connectivity index (χ3v) is 5.07. The molecular weight excluding hydrogens is 240 g/mol. The standard InChI is InChI=1S/C15H28N2O2/c1-19-11-10-14(6-2-3-7-14)12-17-13(18)15(16)8-4-5-9-15/h2-12,16H2,1H3,(H,17,18). The molecule has 2 aliphatic rings. The molecule has 0 aliphatic heterocycles.